The molecule has 0 saturated heterocycles. The van der Waals surface area contributed by atoms with Gasteiger partial charge in [-0.15, -0.1) is 0 Å². The molecule has 5 nitrogen and oxygen atoms in total. The average molecular weight is 223 g/mol. The van der Waals surface area contributed by atoms with Crippen molar-refractivity contribution in [1.29, 1.82) is 0 Å². The van der Waals surface area contributed by atoms with Gasteiger partial charge in [-0.05, 0) is 24.6 Å². The summed E-state index contributed by atoms with van der Waals surface area (Å²) in [7, 11) is 0. The number of nitrogens with one attached hydrogen (secondary N) is 1. The van der Waals surface area contributed by atoms with Crippen LogP contribution in [0.1, 0.15) is 12.0 Å². The number of hydrogen-bond donors (Lipinski definition) is 3. The lowest BCUT2D eigenvalue weighted by Crippen LogP contribution is -2.31. The summed E-state index contributed by atoms with van der Waals surface area (Å²) in [6.45, 7) is 1.87. The van der Waals surface area contributed by atoms with E-state index < -0.39 is 24.4 Å². The van der Waals surface area contributed by atoms with Crippen molar-refractivity contribution in [2.75, 3.05) is 5.32 Å². The van der Waals surface area contributed by atoms with Crippen LogP contribution in [0.4, 0.5) is 5.69 Å². The van der Waals surface area contributed by atoms with Crippen molar-refractivity contribution in [1.82, 2.24) is 0 Å². The quantitative estimate of drug-likeness (QED) is 0.701. The number of benzene rings is 1. The standard InChI is InChI=1S/C11H13NO4/c1-7-3-2-4-8(5-7)12-9(11(15)16)6-10(13)14/h2-5,9,12H,6H2,1H3,(H,13,14)(H,15,16). The highest BCUT2D eigenvalue weighted by molar-refractivity contribution is 5.83. The Kier molecular flexibility index (Phi) is 3.88. The van der Waals surface area contributed by atoms with E-state index in [1.165, 1.54) is 0 Å². The van der Waals surface area contributed by atoms with Gasteiger partial charge < -0.3 is 15.5 Å². The van der Waals surface area contributed by atoms with Crippen molar-refractivity contribution in [3.05, 3.63) is 29.8 Å². The predicted octanol–water partition coefficient (Wildman–Crippen LogP) is 1.33. The molecule has 1 aromatic carbocycles. The molecular formula is C11H13NO4. The Hall–Kier alpha value is -2.04. The van der Waals surface area contributed by atoms with Crippen LogP contribution in [0.5, 0.6) is 0 Å². The first-order valence-corrected chi connectivity index (χ1v) is 4.77. The van der Waals surface area contributed by atoms with Crippen molar-refractivity contribution < 1.29 is 19.8 Å². The second-order valence-corrected chi connectivity index (χ2v) is 3.50. The molecular weight excluding hydrogens is 210 g/mol. The summed E-state index contributed by atoms with van der Waals surface area (Å²) in [5.41, 5.74) is 1.58. The summed E-state index contributed by atoms with van der Waals surface area (Å²) >= 11 is 0. The van der Waals surface area contributed by atoms with Crippen LogP contribution in [-0.2, 0) is 9.59 Å². The molecule has 0 fully saturated rings. The van der Waals surface area contributed by atoms with Gasteiger partial charge in [-0.3, -0.25) is 4.79 Å². The molecule has 1 unspecified atom stereocenters. The zero-order valence-corrected chi connectivity index (χ0v) is 8.80. The molecule has 0 bridgehead atoms. The first-order valence-electron chi connectivity index (χ1n) is 4.77. The maximum absolute atomic E-state index is 10.8. The van der Waals surface area contributed by atoms with E-state index in [-0.39, 0.29) is 0 Å². The zero-order valence-electron chi connectivity index (χ0n) is 8.80. The molecule has 1 aromatic rings. The van der Waals surface area contributed by atoms with Crippen molar-refractivity contribution >= 4 is 17.6 Å². The number of rotatable bonds is 5. The van der Waals surface area contributed by atoms with Crippen LogP contribution < -0.4 is 5.32 Å². The molecule has 5 heteroatoms. The Morgan fingerprint density at radius 3 is 2.56 bits per heavy atom. The average Bonchev–Trinajstić information content (AvgIpc) is 2.15. The highest BCUT2D eigenvalue weighted by atomic mass is 16.4. The van der Waals surface area contributed by atoms with Crippen molar-refractivity contribution in [2.24, 2.45) is 0 Å². The van der Waals surface area contributed by atoms with Crippen LogP contribution in [0.25, 0.3) is 0 Å². The molecule has 0 saturated carbocycles. The van der Waals surface area contributed by atoms with Crippen LogP contribution in [0, 0.1) is 6.92 Å². The van der Waals surface area contributed by atoms with Gasteiger partial charge in [-0.1, -0.05) is 12.1 Å². The van der Waals surface area contributed by atoms with E-state index in [9.17, 15) is 9.59 Å². The van der Waals surface area contributed by atoms with Gasteiger partial charge in [0.2, 0.25) is 0 Å². The fraction of sp³-hybridized carbons (Fsp3) is 0.273. The van der Waals surface area contributed by atoms with Gasteiger partial charge in [0.1, 0.15) is 6.04 Å². The second-order valence-electron chi connectivity index (χ2n) is 3.50. The van der Waals surface area contributed by atoms with E-state index in [1.807, 2.05) is 13.0 Å². The molecule has 0 spiro atoms. The molecule has 1 rings (SSSR count). The number of carboxylic acids is 2. The largest absolute Gasteiger partial charge is 0.481 e. The Morgan fingerprint density at radius 1 is 1.38 bits per heavy atom. The lowest BCUT2D eigenvalue weighted by atomic mass is 10.1. The Morgan fingerprint density at radius 2 is 2.06 bits per heavy atom. The van der Waals surface area contributed by atoms with Gasteiger partial charge in [0, 0.05) is 5.69 Å². The number of carbonyl (C=O) groups is 2. The van der Waals surface area contributed by atoms with Gasteiger partial charge in [0.05, 0.1) is 6.42 Å². The third-order valence-corrected chi connectivity index (χ3v) is 2.04. The van der Waals surface area contributed by atoms with E-state index in [0.29, 0.717) is 5.69 Å². The molecule has 0 aliphatic rings. The maximum atomic E-state index is 10.8. The van der Waals surface area contributed by atoms with Crippen LogP contribution >= 0.6 is 0 Å². The van der Waals surface area contributed by atoms with Gasteiger partial charge >= 0.3 is 11.9 Å². The van der Waals surface area contributed by atoms with E-state index in [1.54, 1.807) is 18.2 Å². The molecule has 0 radical (unpaired) electrons. The highest BCUT2D eigenvalue weighted by Crippen LogP contribution is 2.12. The minimum absolute atomic E-state index is 0.455. The first kappa shape index (κ1) is 12.0. The normalized spacial score (nSPS) is 11.8. The summed E-state index contributed by atoms with van der Waals surface area (Å²) in [6, 6.07) is 6.00. The van der Waals surface area contributed by atoms with Crippen molar-refractivity contribution in [3.8, 4) is 0 Å². The number of aryl methyl sites for hydroxylation is 1. The van der Waals surface area contributed by atoms with Gasteiger partial charge in [0.15, 0.2) is 0 Å². The molecule has 0 aliphatic heterocycles. The fourth-order valence-corrected chi connectivity index (χ4v) is 1.31. The maximum Gasteiger partial charge on any atom is 0.326 e. The van der Waals surface area contributed by atoms with E-state index in [0.717, 1.165) is 5.56 Å². The Balaban J connectivity index is 2.75. The summed E-state index contributed by atoms with van der Waals surface area (Å²) in [5.74, 6) is -2.32. The smallest absolute Gasteiger partial charge is 0.326 e. The molecule has 0 heterocycles. The molecule has 1 atom stereocenters. The third-order valence-electron chi connectivity index (χ3n) is 2.04. The summed E-state index contributed by atoms with van der Waals surface area (Å²) < 4.78 is 0. The zero-order chi connectivity index (χ0) is 12.1. The molecule has 3 N–H and O–H groups in total. The highest BCUT2D eigenvalue weighted by Gasteiger charge is 2.20. The van der Waals surface area contributed by atoms with Gasteiger partial charge in [-0.2, -0.15) is 0 Å². The fourth-order valence-electron chi connectivity index (χ4n) is 1.31. The van der Waals surface area contributed by atoms with Gasteiger partial charge in [-0.25, -0.2) is 4.79 Å². The SMILES string of the molecule is Cc1cccc(NC(CC(=O)O)C(=O)O)c1. The third kappa shape index (κ3) is 3.61. The number of anilines is 1. The van der Waals surface area contributed by atoms with Gasteiger partial charge in [0.25, 0.3) is 0 Å². The van der Waals surface area contributed by atoms with Crippen molar-refractivity contribution in [2.45, 2.75) is 19.4 Å². The molecule has 0 aliphatic carbocycles. The second kappa shape index (κ2) is 5.16. The topological polar surface area (TPSA) is 86.6 Å². The molecule has 16 heavy (non-hydrogen) atoms. The molecule has 0 aromatic heterocycles. The predicted molar refractivity (Wildman–Crippen MR) is 58.5 cm³/mol. The molecule has 86 valence electrons. The van der Waals surface area contributed by atoms with E-state index in [2.05, 4.69) is 5.32 Å². The molecule has 0 amide bonds. The number of carboxylic acid groups (broad SMARTS) is 2. The van der Waals surface area contributed by atoms with Crippen LogP contribution in [0.3, 0.4) is 0 Å². The van der Waals surface area contributed by atoms with E-state index in [4.69, 9.17) is 10.2 Å². The summed E-state index contributed by atoms with van der Waals surface area (Å²) in [4.78, 5) is 21.3. The minimum Gasteiger partial charge on any atom is -0.481 e. The number of hydrogen-bond acceptors (Lipinski definition) is 3. The number of aliphatic carboxylic acids is 2. The van der Waals surface area contributed by atoms with E-state index >= 15 is 0 Å². The summed E-state index contributed by atoms with van der Waals surface area (Å²) in [5, 5.41) is 20.1. The lowest BCUT2D eigenvalue weighted by molar-refractivity contribution is -0.144. The van der Waals surface area contributed by atoms with Crippen LogP contribution in [-0.4, -0.2) is 28.2 Å². The summed E-state index contributed by atoms with van der Waals surface area (Å²) in [6.07, 6.45) is -0.455. The Labute approximate surface area is 92.7 Å². The van der Waals surface area contributed by atoms with Crippen molar-refractivity contribution in [3.63, 3.8) is 0 Å². The minimum atomic E-state index is -1.18. The van der Waals surface area contributed by atoms with Crippen LogP contribution in [0.2, 0.25) is 0 Å². The first-order chi connectivity index (χ1) is 7.49. The Bertz CT molecular complexity index is 403. The lowest BCUT2D eigenvalue weighted by Gasteiger charge is -2.13. The van der Waals surface area contributed by atoms with Crippen LogP contribution in [0.15, 0.2) is 24.3 Å². The monoisotopic (exact) mass is 223 g/mol.